The van der Waals surface area contributed by atoms with Gasteiger partial charge in [-0.05, 0) is 29.7 Å². The van der Waals surface area contributed by atoms with Crippen LogP contribution in [0.15, 0.2) is 91.0 Å². The van der Waals surface area contributed by atoms with Crippen LogP contribution in [0.1, 0.15) is 13.8 Å². The Morgan fingerprint density at radius 3 is 1.17 bits per heavy atom. The van der Waals surface area contributed by atoms with Crippen molar-refractivity contribution in [3.8, 4) is 0 Å². The number of carbonyl (C=O) groups excluding carboxylic acids is 1. The Bertz CT molecular complexity index is 893. The van der Waals surface area contributed by atoms with Gasteiger partial charge in [0.1, 0.15) is 0 Å². The molecule has 0 heterocycles. The molecule has 0 radical (unpaired) electrons. The molecule has 0 saturated heterocycles. The average Bonchev–Trinajstić information content (AvgIpc) is 2.77. The summed E-state index contributed by atoms with van der Waals surface area (Å²) in [5, 5.41) is 13.6. The van der Waals surface area contributed by atoms with Gasteiger partial charge in [0.2, 0.25) is 0 Å². The van der Waals surface area contributed by atoms with Crippen LogP contribution in [0.2, 0.25) is 0 Å². The van der Waals surface area contributed by atoms with Crippen LogP contribution < -0.4 is 15.9 Å². The van der Waals surface area contributed by atoms with E-state index in [4.69, 9.17) is 0 Å². The minimum absolute atomic E-state index is 0.245. The molecule has 4 nitrogen and oxygen atoms in total. The first-order valence-corrected chi connectivity index (χ1v) is 10.9. The molecule has 0 aliphatic heterocycles. The lowest BCUT2D eigenvalue weighted by Crippen LogP contribution is -2.32. The fourth-order valence-corrected chi connectivity index (χ4v) is 7.33. The van der Waals surface area contributed by atoms with Crippen molar-refractivity contribution in [1.82, 2.24) is 0 Å². The smallest absolute Gasteiger partial charge is 0.332 e. The van der Waals surface area contributed by atoms with Crippen LogP contribution in [0.3, 0.4) is 0 Å². The van der Waals surface area contributed by atoms with Gasteiger partial charge in [-0.2, -0.15) is 0 Å². The van der Waals surface area contributed by atoms with Crippen LogP contribution in [0.4, 0.5) is 0 Å². The molecule has 3 aromatic carbocycles. The van der Waals surface area contributed by atoms with E-state index in [9.17, 15) is 14.7 Å². The fourth-order valence-electron chi connectivity index (χ4n) is 3.13. The molecule has 150 valence electrons. The lowest BCUT2D eigenvalue weighted by Gasteiger charge is -2.30. The summed E-state index contributed by atoms with van der Waals surface area (Å²) in [7, 11) is 1.35. The summed E-state index contributed by atoms with van der Waals surface area (Å²) in [5.41, 5.74) is 0. The van der Waals surface area contributed by atoms with Crippen LogP contribution in [0.25, 0.3) is 0 Å². The first kappa shape index (κ1) is 22.2. The Labute approximate surface area is 171 Å². The lowest BCUT2D eigenvalue weighted by molar-refractivity contribution is -0.138. The molecule has 0 amide bonds. The second-order valence-electron chi connectivity index (χ2n) is 6.26. The van der Waals surface area contributed by atoms with Crippen LogP contribution in [0.5, 0.6) is 0 Å². The summed E-state index contributed by atoms with van der Waals surface area (Å²) in [6.07, 6.45) is 0. The van der Waals surface area contributed by atoms with Gasteiger partial charge in [0.25, 0.3) is 0 Å². The van der Waals surface area contributed by atoms with Crippen molar-refractivity contribution in [2.45, 2.75) is 13.8 Å². The molecule has 5 heteroatoms. The van der Waals surface area contributed by atoms with Gasteiger partial charge >= 0.3 is 11.9 Å². The Hall–Kier alpha value is -3.10. The lowest BCUT2D eigenvalue weighted by atomic mass is 10.4. The van der Waals surface area contributed by atoms with Gasteiger partial charge in [0.15, 0.2) is 0 Å². The maximum Gasteiger partial charge on any atom is 0.332 e. The van der Waals surface area contributed by atoms with Gasteiger partial charge in [-0.3, -0.25) is 4.79 Å². The zero-order chi connectivity index (χ0) is 21.3. The summed E-state index contributed by atoms with van der Waals surface area (Å²) in [5.74, 6) is -1.09. The van der Waals surface area contributed by atoms with Gasteiger partial charge in [-0.25, -0.2) is 4.79 Å². The zero-order valence-electron chi connectivity index (χ0n) is 16.8. The van der Waals surface area contributed by atoms with Crippen molar-refractivity contribution < 1.29 is 19.4 Å². The van der Waals surface area contributed by atoms with Crippen LogP contribution in [0, 0.1) is 0 Å². The van der Waals surface area contributed by atoms with Crippen molar-refractivity contribution in [3.05, 3.63) is 91.0 Å². The van der Waals surface area contributed by atoms with E-state index in [0.717, 1.165) is 15.9 Å². The maximum atomic E-state index is 12.1. The quantitative estimate of drug-likeness (QED) is 0.531. The van der Waals surface area contributed by atoms with Crippen molar-refractivity contribution in [1.29, 1.82) is 0 Å². The minimum atomic E-state index is -2.38. The number of esters is 1. The molecule has 0 aliphatic carbocycles. The number of methoxy groups -OCH3 is 1. The van der Waals surface area contributed by atoms with E-state index in [2.05, 4.69) is 4.74 Å². The average molecular weight is 408 g/mol. The third-order valence-electron chi connectivity index (χ3n) is 4.53. The highest BCUT2D eigenvalue weighted by Gasteiger charge is 2.30. The molecule has 3 aromatic rings. The Balaban J connectivity index is 0.000000537. The molecule has 29 heavy (non-hydrogen) atoms. The van der Waals surface area contributed by atoms with E-state index >= 15 is 0 Å². The topological polar surface area (TPSA) is 63.6 Å². The molecule has 1 N–H and O–H groups in total. The number of benzene rings is 3. The van der Waals surface area contributed by atoms with Gasteiger partial charge in [0, 0.05) is 12.2 Å². The Morgan fingerprint density at radius 2 is 0.966 bits per heavy atom. The van der Waals surface area contributed by atoms with Crippen molar-refractivity contribution in [2.24, 2.45) is 0 Å². The van der Waals surface area contributed by atoms with Gasteiger partial charge in [0.05, 0.1) is 7.11 Å². The Kier molecular flexibility index (Phi) is 7.99. The number of rotatable bonds is 4. The number of hydrogen-bond donors (Lipinski definition) is 1. The zero-order valence-corrected chi connectivity index (χ0v) is 17.7. The number of aliphatic carboxylic acids is 1. The van der Waals surface area contributed by atoms with E-state index in [0.29, 0.717) is 5.29 Å². The number of carboxylic acids is 1. The molecule has 0 unspecified atom stereocenters. The molecule has 0 fully saturated rings. The van der Waals surface area contributed by atoms with Crippen molar-refractivity contribution in [3.63, 3.8) is 0 Å². The maximum absolute atomic E-state index is 12.1. The third-order valence-corrected chi connectivity index (χ3v) is 8.95. The SMILES string of the molecule is CC(C(=O)O)=P(c1ccccc1)(c1ccccc1)c1ccccc1.COC(C)=O. The summed E-state index contributed by atoms with van der Waals surface area (Å²) >= 11 is 0. The summed E-state index contributed by atoms with van der Waals surface area (Å²) in [6.45, 7) is 0.731. The van der Waals surface area contributed by atoms with Gasteiger partial charge < -0.3 is 9.84 Å². The highest BCUT2D eigenvalue weighted by Crippen LogP contribution is 2.46. The summed E-state index contributed by atoms with van der Waals surface area (Å²) in [6, 6.07) is 30.0. The van der Waals surface area contributed by atoms with E-state index in [1.807, 2.05) is 91.0 Å². The summed E-state index contributed by atoms with van der Waals surface area (Å²) in [4.78, 5) is 21.6. The molecule has 3 rings (SSSR count). The molecule has 0 atom stereocenters. The minimum Gasteiger partial charge on any atom is -0.478 e. The highest BCUT2D eigenvalue weighted by molar-refractivity contribution is 7.96. The monoisotopic (exact) mass is 408 g/mol. The van der Waals surface area contributed by atoms with E-state index < -0.39 is 12.9 Å². The number of hydrogen-bond acceptors (Lipinski definition) is 3. The molecule has 0 bridgehead atoms. The predicted molar refractivity (Wildman–Crippen MR) is 121 cm³/mol. The molecular formula is C24H25O4P. The van der Waals surface area contributed by atoms with Gasteiger partial charge in [-0.15, -0.1) is 0 Å². The third kappa shape index (κ3) is 5.04. The Morgan fingerprint density at radius 1 is 0.690 bits per heavy atom. The van der Waals surface area contributed by atoms with Gasteiger partial charge in [-0.1, -0.05) is 91.0 Å². The van der Waals surface area contributed by atoms with E-state index in [-0.39, 0.29) is 5.97 Å². The second-order valence-corrected chi connectivity index (χ2v) is 9.83. The van der Waals surface area contributed by atoms with E-state index in [1.54, 1.807) is 6.92 Å². The first-order chi connectivity index (χ1) is 13.9. The van der Waals surface area contributed by atoms with E-state index in [1.165, 1.54) is 14.0 Å². The molecule has 0 saturated carbocycles. The number of carboxylic acid groups (broad SMARTS) is 1. The second kappa shape index (κ2) is 10.4. The normalized spacial score (nSPS) is 10.3. The van der Waals surface area contributed by atoms with Crippen LogP contribution in [-0.2, 0) is 14.3 Å². The van der Waals surface area contributed by atoms with Crippen LogP contribution >= 0.6 is 6.89 Å². The molecular weight excluding hydrogens is 383 g/mol. The fraction of sp³-hybridized carbons (Fsp3) is 0.125. The standard InChI is InChI=1S/C21H19O2P.C3H6O2/c1-17(21(22)23)24(18-11-5-2-6-12-18,19-13-7-3-8-14-19)20-15-9-4-10-16-20;1-3(4)5-2/h2-16H,1H3,(H,22,23);1-2H3. The van der Waals surface area contributed by atoms with Crippen LogP contribution in [-0.4, -0.2) is 29.4 Å². The van der Waals surface area contributed by atoms with Crippen molar-refractivity contribution in [2.75, 3.05) is 7.11 Å². The molecule has 0 aliphatic rings. The molecule has 0 spiro atoms. The largest absolute Gasteiger partial charge is 0.478 e. The summed E-state index contributed by atoms with van der Waals surface area (Å²) < 4.78 is 4.11. The van der Waals surface area contributed by atoms with Crippen molar-refractivity contribution >= 4 is 40.0 Å². The highest BCUT2D eigenvalue weighted by atomic mass is 31.2. The number of ether oxygens (including phenoxy) is 1. The number of carbonyl (C=O) groups is 2. The first-order valence-electron chi connectivity index (χ1n) is 9.12. The molecule has 0 aromatic heterocycles. The predicted octanol–water partition coefficient (Wildman–Crippen LogP) is 3.44.